The van der Waals surface area contributed by atoms with Crippen molar-refractivity contribution in [3.05, 3.63) is 40.0 Å². The van der Waals surface area contributed by atoms with Crippen molar-refractivity contribution in [3.8, 4) is 0 Å². The molecule has 122 valence electrons. The van der Waals surface area contributed by atoms with Crippen molar-refractivity contribution in [3.63, 3.8) is 0 Å². The molecule has 0 aliphatic heterocycles. The number of nitrogens with zero attached hydrogens (tertiary/aromatic N) is 6. The normalized spacial score (nSPS) is 12.5. The fraction of sp³-hybridized carbons (Fsp3) is 0.385. The lowest BCUT2D eigenvalue weighted by Crippen LogP contribution is -2.28. The lowest BCUT2D eigenvalue weighted by Gasteiger charge is -2.08. The van der Waals surface area contributed by atoms with E-state index in [9.17, 15) is 14.9 Å². The molecule has 0 aliphatic carbocycles. The summed E-state index contributed by atoms with van der Waals surface area (Å²) in [6, 6.07) is 0. The SMILES string of the molecule is Cc1c(/C=N/NC(=O)C(C)Cn2cc([N+](=O)[O-])cn2)cnn1C. The fourth-order valence-electron chi connectivity index (χ4n) is 1.83. The van der Waals surface area contributed by atoms with Crippen LogP contribution < -0.4 is 5.43 Å². The van der Waals surface area contributed by atoms with Gasteiger partial charge in [-0.25, -0.2) is 5.43 Å². The van der Waals surface area contributed by atoms with Gasteiger partial charge in [0.15, 0.2) is 0 Å². The Morgan fingerprint density at radius 2 is 2.26 bits per heavy atom. The number of carbonyl (C=O) groups is 1. The third-order valence-electron chi connectivity index (χ3n) is 3.39. The number of rotatable bonds is 6. The first-order valence-corrected chi connectivity index (χ1v) is 6.87. The van der Waals surface area contributed by atoms with Gasteiger partial charge in [0.25, 0.3) is 0 Å². The van der Waals surface area contributed by atoms with Gasteiger partial charge in [0.05, 0.1) is 29.8 Å². The van der Waals surface area contributed by atoms with E-state index in [-0.39, 0.29) is 18.1 Å². The molecular formula is C13H17N7O3. The number of aromatic nitrogens is 4. The monoisotopic (exact) mass is 319 g/mol. The lowest BCUT2D eigenvalue weighted by molar-refractivity contribution is -0.385. The van der Waals surface area contributed by atoms with Gasteiger partial charge in [-0.05, 0) is 6.92 Å². The highest BCUT2D eigenvalue weighted by molar-refractivity contribution is 5.83. The summed E-state index contributed by atoms with van der Waals surface area (Å²) in [4.78, 5) is 22.0. The predicted octanol–water partition coefficient (Wildman–Crippen LogP) is 0.620. The number of nitro groups is 1. The molecule has 2 rings (SSSR count). The van der Waals surface area contributed by atoms with Crippen molar-refractivity contribution in [1.82, 2.24) is 25.0 Å². The van der Waals surface area contributed by atoms with Gasteiger partial charge in [0, 0.05) is 18.3 Å². The topological polar surface area (TPSA) is 120 Å². The van der Waals surface area contributed by atoms with Gasteiger partial charge >= 0.3 is 5.69 Å². The first-order valence-electron chi connectivity index (χ1n) is 6.87. The summed E-state index contributed by atoms with van der Waals surface area (Å²) < 4.78 is 3.06. The molecule has 0 fully saturated rings. The first kappa shape index (κ1) is 16.3. The zero-order chi connectivity index (χ0) is 17.0. The van der Waals surface area contributed by atoms with Crippen molar-refractivity contribution in [2.75, 3.05) is 0 Å². The summed E-state index contributed by atoms with van der Waals surface area (Å²) >= 11 is 0. The molecule has 1 unspecified atom stereocenters. The van der Waals surface area contributed by atoms with Gasteiger partial charge < -0.3 is 0 Å². The van der Waals surface area contributed by atoms with Crippen molar-refractivity contribution < 1.29 is 9.72 Å². The molecule has 0 bridgehead atoms. The second kappa shape index (κ2) is 6.81. The van der Waals surface area contributed by atoms with E-state index in [2.05, 4.69) is 20.7 Å². The quantitative estimate of drug-likeness (QED) is 0.475. The van der Waals surface area contributed by atoms with E-state index >= 15 is 0 Å². The minimum Gasteiger partial charge on any atom is -0.273 e. The van der Waals surface area contributed by atoms with Gasteiger partial charge in [0.2, 0.25) is 5.91 Å². The maximum Gasteiger partial charge on any atom is 0.306 e. The number of hydrogen-bond acceptors (Lipinski definition) is 6. The molecule has 0 spiro atoms. The van der Waals surface area contributed by atoms with Crippen LogP contribution in [-0.2, 0) is 18.4 Å². The number of aryl methyl sites for hydroxylation is 1. The molecule has 10 nitrogen and oxygen atoms in total. The number of carbonyl (C=O) groups excluding carboxylic acids is 1. The van der Waals surface area contributed by atoms with Crippen LogP contribution in [0.4, 0.5) is 5.69 Å². The Bertz CT molecular complexity index is 747. The molecule has 2 aromatic heterocycles. The highest BCUT2D eigenvalue weighted by Gasteiger charge is 2.16. The molecule has 0 aromatic carbocycles. The molecular weight excluding hydrogens is 302 g/mol. The molecule has 2 aromatic rings. The van der Waals surface area contributed by atoms with Gasteiger partial charge in [-0.1, -0.05) is 6.92 Å². The summed E-state index contributed by atoms with van der Waals surface area (Å²) in [5, 5.41) is 22.4. The molecule has 1 amide bonds. The van der Waals surface area contributed by atoms with E-state index in [1.165, 1.54) is 17.1 Å². The first-order chi connectivity index (χ1) is 10.9. The second-order valence-electron chi connectivity index (χ2n) is 5.12. The summed E-state index contributed by atoms with van der Waals surface area (Å²) in [6.45, 7) is 3.80. The van der Waals surface area contributed by atoms with E-state index in [1.54, 1.807) is 17.8 Å². The standard InChI is InChI=1S/C13H17N7O3/c1-9(7-19-8-12(6-16-19)20(22)23)13(21)17-14-4-11-5-15-18(3)10(11)2/h4-6,8-9H,7H2,1-3H3,(H,17,21)/b14-4+. The van der Waals surface area contributed by atoms with Crippen molar-refractivity contribution in [1.29, 1.82) is 0 Å². The Labute approximate surface area is 131 Å². The van der Waals surface area contributed by atoms with Crippen molar-refractivity contribution in [2.24, 2.45) is 18.1 Å². The highest BCUT2D eigenvalue weighted by Crippen LogP contribution is 2.09. The third-order valence-corrected chi connectivity index (χ3v) is 3.39. The van der Waals surface area contributed by atoms with Gasteiger partial charge in [-0.2, -0.15) is 15.3 Å². The van der Waals surface area contributed by atoms with E-state index in [4.69, 9.17) is 0 Å². The van der Waals surface area contributed by atoms with E-state index in [0.29, 0.717) is 0 Å². The minimum absolute atomic E-state index is 0.109. The Hall–Kier alpha value is -3.04. The van der Waals surface area contributed by atoms with Crippen LogP contribution in [0.25, 0.3) is 0 Å². The van der Waals surface area contributed by atoms with Crippen LogP contribution >= 0.6 is 0 Å². The average molecular weight is 319 g/mol. The summed E-state index contributed by atoms with van der Waals surface area (Å²) in [5.74, 6) is -0.748. The zero-order valence-corrected chi connectivity index (χ0v) is 13.0. The number of nitrogens with one attached hydrogen (secondary N) is 1. The molecule has 0 saturated carbocycles. The number of amides is 1. The van der Waals surface area contributed by atoms with Crippen LogP contribution in [0.3, 0.4) is 0 Å². The van der Waals surface area contributed by atoms with Gasteiger partial charge in [-0.3, -0.25) is 24.3 Å². The summed E-state index contributed by atoms with van der Waals surface area (Å²) in [6.07, 6.45) is 5.60. The molecule has 1 N–H and O–H groups in total. The van der Waals surface area contributed by atoms with E-state index in [0.717, 1.165) is 17.5 Å². The summed E-state index contributed by atoms with van der Waals surface area (Å²) in [7, 11) is 1.82. The van der Waals surface area contributed by atoms with Crippen LogP contribution in [-0.4, -0.2) is 36.6 Å². The average Bonchev–Trinajstić information content (AvgIpc) is 3.09. The second-order valence-corrected chi connectivity index (χ2v) is 5.12. The van der Waals surface area contributed by atoms with Crippen LogP contribution in [0.1, 0.15) is 18.2 Å². The molecule has 0 radical (unpaired) electrons. The predicted molar refractivity (Wildman–Crippen MR) is 81.7 cm³/mol. The molecule has 0 aliphatic rings. The van der Waals surface area contributed by atoms with Gasteiger partial charge in [0.1, 0.15) is 12.4 Å². The van der Waals surface area contributed by atoms with Crippen molar-refractivity contribution >= 4 is 17.8 Å². The molecule has 10 heteroatoms. The number of hydrazone groups is 1. The Balaban J connectivity index is 1.89. The maximum absolute atomic E-state index is 11.9. The molecule has 2 heterocycles. The molecule has 23 heavy (non-hydrogen) atoms. The van der Waals surface area contributed by atoms with E-state index < -0.39 is 10.8 Å². The van der Waals surface area contributed by atoms with E-state index in [1.807, 2.05) is 14.0 Å². The van der Waals surface area contributed by atoms with Crippen LogP contribution in [0, 0.1) is 23.0 Å². The number of hydrogen-bond donors (Lipinski definition) is 1. The molecule has 0 saturated heterocycles. The van der Waals surface area contributed by atoms with Crippen LogP contribution in [0.5, 0.6) is 0 Å². The largest absolute Gasteiger partial charge is 0.306 e. The Morgan fingerprint density at radius 3 is 2.83 bits per heavy atom. The van der Waals surface area contributed by atoms with Crippen LogP contribution in [0.15, 0.2) is 23.7 Å². The van der Waals surface area contributed by atoms with Gasteiger partial charge in [-0.15, -0.1) is 0 Å². The Kier molecular flexibility index (Phi) is 4.84. The smallest absolute Gasteiger partial charge is 0.273 e. The summed E-state index contributed by atoms with van der Waals surface area (Å²) in [5.41, 5.74) is 4.07. The third kappa shape index (κ3) is 3.99. The molecule has 1 atom stereocenters. The Morgan fingerprint density at radius 1 is 1.52 bits per heavy atom. The minimum atomic E-state index is -0.533. The fourth-order valence-corrected chi connectivity index (χ4v) is 1.83. The zero-order valence-electron chi connectivity index (χ0n) is 13.0. The van der Waals surface area contributed by atoms with Crippen molar-refractivity contribution in [2.45, 2.75) is 20.4 Å². The highest BCUT2D eigenvalue weighted by atomic mass is 16.6. The maximum atomic E-state index is 11.9. The van der Waals surface area contributed by atoms with Crippen LogP contribution in [0.2, 0.25) is 0 Å². The lowest BCUT2D eigenvalue weighted by atomic mass is 10.2.